The van der Waals surface area contributed by atoms with Crippen LogP contribution in [0.1, 0.15) is 44.4 Å². The third-order valence-corrected chi connectivity index (χ3v) is 8.88. The van der Waals surface area contributed by atoms with E-state index < -0.39 is 11.6 Å². The molecule has 3 unspecified atom stereocenters. The molecule has 0 bridgehead atoms. The molecule has 238 valence electrons. The summed E-state index contributed by atoms with van der Waals surface area (Å²) in [5.74, 6) is -0.250. The summed E-state index contributed by atoms with van der Waals surface area (Å²) < 4.78 is 42.2. The maximum absolute atomic E-state index is 14.1. The lowest BCUT2D eigenvalue weighted by Gasteiger charge is -2.37. The van der Waals surface area contributed by atoms with Gasteiger partial charge < -0.3 is 25.0 Å². The molecular formula is C34H40F2N6O3. The Bertz CT molecular complexity index is 1630. The van der Waals surface area contributed by atoms with Crippen molar-refractivity contribution in [1.29, 1.82) is 0 Å². The van der Waals surface area contributed by atoms with Crippen LogP contribution in [0.4, 0.5) is 20.2 Å². The van der Waals surface area contributed by atoms with E-state index in [4.69, 9.17) is 15.2 Å². The first-order valence-corrected chi connectivity index (χ1v) is 15.6. The maximum atomic E-state index is 14.1. The first-order chi connectivity index (χ1) is 21.8. The van der Waals surface area contributed by atoms with Crippen molar-refractivity contribution in [3.05, 3.63) is 101 Å². The van der Waals surface area contributed by atoms with E-state index in [1.54, 1.807) is 10.9 Å². The smallest absolute Gasteiger partial charge is 0.350 e. The second kappa shape index (κ2) is 13.4. The fraction of sp³-hybridized carbons (Fsp3) is 0.412. The summed E-state index contributed by atoms with van der Waals surface area (Å²) in [6.07, 6.45) is 2.55. The Morgan fingerprint density at radius 3 is 2.18 bits per heavy atom. The molecule has 4 atom stereocenters. The van der Waals surface area contributed by atoms with Gasteiger partial charge in [0.2, 0.25) is 0 Å². The monoisotopic (exact) mass is 618 g/mol. The zero-order valence-corrected chi connectivity index (χ0v) is 25.7. The van der Waals surface area contributed by atoms with Gasteiger partial charge in [-0.2, -0.15) is 5.10 Å². The minimum atomic E-state index is -0.589. The summed E-state index contributed by atoms with van der Waals surface area (Å²) >= 11 is 0. The molecule has 0 spiro atoms. The van der Waals surface area contributed by atoms with Gasteiger partial charge >= 0.3 is 5.69 Å². The van der Waals surface area contributed by atoms with Gasteiger partial charge in [0.1, 0.15) is 23.7 Å². The number of piperazine rings is 1. The normalized spacial score (nSPS) is 19.9. The number of anilines is 2. The molecule has 6 rings (SSSR count). The van der Waals surface area contributed by atoms with Crippen LogP contribution in [0.2, 0.25) is 0 Å². The lowest BCUT2D eigenvalue weighted by atomic mass is 10.0. The molecule has 0 saturated carbocycles. The van der Waals surface area contributed by atoms with E-state index in [9.17, 15) is 13.6 Å². The minimum absolute atomic E-state index is 0.133. The molecule has 2 aliphatic heterocycles. The van der Waals surface area contributed by atoms with Crippen LogP contribution < -0.4 is 26.0 Å². The summed E-state index contributed by atoms with van der Waals surface area (Å²) in [5.41, 5.74) is 9.31. The fourth-order valence-corrected chi connectivity index (χ4v) is 6.29. The van der Waals surface area contributed by atoms with E-state index in [1.807, 2.05) is 38.1 Å². The van der Waals surface area contributed by atoms with Crippen LogP contribution in [0, 0.1) is 17.6 Å². The number of nitrogens with zero attached hydrogens (tertiary/aromatic N) is 5. The van der Waals surface area contributed by atoms with E-state index in [-0.39, 0.29) is 29.8 Å². The Morgan fingerprint density at radius 1 is 0.956 bits per heavy atom. The van der Waals surface area contributed by atoms with Crippen LogP contribution in [0.5, 0.6) is 5.75 Å². The zero-order valence-electron chi connectivity index (χ0n) is 25.7. The highest BCUT2D eigenvalue weighted by Gasteiger charge is 2.29. The Hall–Kier alpha value is -4.22. The van der Waals surface area contributed by atoms with Crippen molar-refractivity contribution in [2.45, 2.75) is 44.9 Å². The van der Waals surface area contributed by atoms with Gasteiger partial charge in [-0.25, -0.2) is 22.8 Å². The van der Waals surface area contributed by atoms with Gasteiger partial charge in [0, 0.05) is 61.1 Å². The standard InChI is InChI=1S/C34H40F2N6O3/c1-3-32(23(2)37)42-34(43)41(22-38-42)28-7-5-26(6-8-28)39-14-16-40(17-15-39)27-9-11-29(12-10-27)44-20-24-18-33(45-21-24)30-13-4-25(35)19-31(30)36/h4-13,19,22-24,32-33H,3,14-18,20-21,37H2,1-2H3/t23?,24-,32?,33?/m1/s1. The van der Waals surface area contributed by atoms with Crippen LogP contribution in [-0.2, 0) is 4.74 Å². The zero-order chi connectivity index (χ0) is 31.5. The van der Waals surface area contributed by atoms with E-state index in [0.717, 1.165) is 61.5 Å². The Kier molecular flexibility index (Phi) is 9.18. The van der Waals surface area contributed by atoms with Gasteiger partial charge in [-0.3, -0.25) is 0 Å². The molecule has 3 aromatic carbocycles. The van der Waals surface area contributed by atoms with Gasteiger partial charge in [0.05, 0.1) is 31.0 Å². The first-order valence-electron chi connectivity index (χ1n) is 15.6. The average molecular weight is 619 g/mol. The Balaban J connectivity index is 0.985. The molecule has 9 nitrogen and oxygen atoms in total. The predicted molar refractivity (Wildman–Crippen MR) is 170 cm³/mol. The van der Waals surface area contributed by atoms with Crippen LogP contribution in [-0.4, -0.2) is 59.8 Å². The third-order valence-electron chi connectivity index (χ3n) is 8.88. The minimum Gasteiger partial charge on any atom is -0.493 e. The first kappa shape index (κ1) is 30.8. The summed E-state index contributed by atoms with van der Waals surface area (Å²) in [6, 6.07) is 19.5. The van der Waals surface area contributed by atoms with Gasteiger partial charge in [-0.05, 0) is 74.4 Å². The molecule has 2 aliphatic rings. The molecule has 2 fully saturated rings. The van der Waals surface area contributed by atoms with Crippen molar-refractivity contribution in [2.75, 3.05) is 49.2 Å². The third kappa shape index (κ3) is 6.74. The number of halogens is 2. The van der Waals surface area contributed by atoms with Crippen LogP contribution in [0.15, 0.2) is 77.9 Å². The number of hydrogen-bond donors (Lipinski definition) is 1. The highest BCUT2D eigenvalue weighted by atomic mass is 19.1. The summed E-state index contributed by atoms with van der Waals surface area (Å²) in [6.45, 7) is 8.35. The molecule has 2 N–H and O–H groups in total. The Morgan fingerprint density at radius 2 is 1.58 bits per heavy atom. The largest absolute Gasteiger partial charge is 0.493 e. The van der Waals surface area contributed by atoms with Crippen molar-refractivity contribution in [2.24, 2.45) is 11.7 Å². The second-order valence-electron chi connectivity index (χ2n) is 11.9. The van der Waals surface area contributed by atoms with Crippen LogP contribution in [0.3, 0.4) is 0 Å². The highest BCUT2D eigenvalue weighted by molar-refractivity contribution is 5.54. The molecule has 0 radical (unpaired) electrons. The fourth-order valence-electron chi connectivity index (χ4n) is 6.29. The SMILES string of the molecule is CCC(C(C)N)n1ncn(-c2ccc(N3CCN(c4ccc(OC[C@@H]5COC(c6ccc(F)cc6F)C5)cc4)CC3)cc2)c1=O. The average Bonchev–Trinajstić information content (AvgIpc) is 3.67. The van der Waals surface area contributed by atoms with E-state index >= 15 is 0 Å². The number of nitrogens with two attached hydrogens (primary N) is 1. The van der Waals surface area contributed by atoms with Gasteiger partial charge in [0.25, 0.3) is 0 Å². The molecule has 1 aromatic heterocycles. The molecule has 4 aromatic rings. The number of rotatable bonds is 10. The molecule has 3 heterocycles. The van der Waals surface area contributed by atoms with Crippen molar-refractivity contribution >= 4 is 11.4 Å². The predicted octanol–water partition coefficient (Wildman–Crippen LogP) is 5.09. The van der Waals surface area contributed by atoms with E-state index in [1.165, 1.54) is 16.8 Å². The van der Waals surface area contributed by atoms with Crippen molar-refractivity contribution in [1.82, 2.24) is 14.3 Å². The quantitative estimate of drug-likeness (QED) is 0.265. The van der Waals surface area contributed by atoms with Gasteiger partial charge in [0.15, 0.2) is 0 Å². The van der Waals surface area contributed by atoms with Crippen molar-refractivity contribution in [3.8, 4) is 11.4 Å². The lowest BCUT2D eigenvalue weighted by molar-refractivity contribution is 0.100. The number of benzene rings is 3. The molecule has 0 amide bonds. The number of aromatic nitrogens is 3. The highest BCUT2D eigenvalue weighted by Crippen LogP contribution is 2.34. The summed E-state index contributed by atoms with van der Waals surface area (Å²) in [7, 11) is 0. The van der Waals surface area contributed by atoms with Gasteiger partial charge in [-0.15, -0.1) is 0 Å². The van der Waals surface area contributed by atoms with Crippen LogP contribution in [0.25, 0.3) is 5.69 Å². The van der Waals surface area contributed by atoms with E-state index in [0.29, 0.717) is 25.2 Å². The molecule has 45 heavy (non-hydrogen) atoms. The molecule has 0 aliphatic carbocycles. The maximum Gasteiger partial charge on any atom is 0.350 e. The van der Waals surface area contributed by atoms with E-state index in [2.05, 4.69) is 39.2 Å². The summed E-state index contributed by atoms with van der Waals surface area (Å²) in [4.78, 5) is 17.7. The van der Waals surface area contributed by atoms with Crippen molar-refractivity contribution < 1.29 is 18.3 Å². The topological polar surface area (TPSA) is 90.8 Å². The molecule has 2 saturated heterocycles. The number of hydrogen-bond acceptors (Lipinski definition) is 7. The lowest BCUT2D eigenvalue weighted by Crippen LogP contribution is -2.46. The molecular weight excluding hydrogens is 578 g/mol. The van der Waals surface area contributed by atoms with Crippen LogP contribution >= 0.6 is 0 Å². The number of ether oxygens (including phenoxy) is 2. The second-order valence-corrected chi connectivity index (χ2v) is 11.9. The molecule has 11 heteroatoms. The van der Waals surface area contributed by atoms with Crippen molar-refractivity contribution in [3.63, 3.8) is 0 Å². The Labute approximate surface area is 261 Å². The summed E-state index contributed by atoms with van der Waals surface area (Å²) in [5, 5.41) is 4.32. The van der Waals surface area contributed by atoms with Gasteiger partial charge in [-0.1, -0.05) is 13.0 Å².